The zero-order valence-corrected chi connectivity index (χ0v) is 16.8. The molecule has 1 aliphatic heterocycles. The molecule has 1 heterocycles. The van der Waals surface area contributed by atoms with Gasteiger partial charge < -0.3 is 15.7 Å². The Bertz CT molecular complexity index is 740. The molecule has 0 bridgehead atoms. The van der Waals surface area contributed by atoms with Crippen molar-refractivity contribution in [2.45, 2.75) is 58.2 Å². The van der Waals surface area contributed by atoms with E-state index in [1.54, 1.807) is 0 Å². The summed E-state index contributed by atoms with van der Waals surface area (Å²) >= 11 is 0. The van der Waals surface area contributed by atoms with E-state index < -0.39 is 12.1 Å². The van der Waals surface area contributed by atoms with Crippen molar-refractivity contribution in [3.63, 3.8) is 0 Å². The number of nitrogens with one attached hydrogen (secondary N) is 2. The van der Waals surface area contributed by atoms with Gasteiger partial charge in [0.25, 0.3) is 0 Å². The predicted octanol–water partition coefficient (Wildman–Crippen LogP) is 2.89. The summed E-state index contributed by atoms with van der Waals surface area (Å²) in [5, 5.41) is 13.4. The van der Waals surface area contributed by atoms with Crippen LogP contribution in [-0.4, -0.2) is 47.6 Å². The molecule has 2 rings (SSSR count). The summed E-state index contributed by atoms with van der Waals surface area (Å²) in [6.45, 7) is 7.76. The SMILES string of the molecule is CC(C)(C)NC(=O)CCC(=O)c1ccc2c(c1)CCNCC2.O=C(O)C(F)(F)F. The van der Waals surface area contributed by atoms with E-state index in [4.69, 9.17) is 9.90 Å². The fourth-order valence-electron chi connectivity index (χ4n) is 2.70. The van der Waals surface area contributed by atoms with E-state index in [1.807, 2.05) is 32.9 Å². The van der Waals surface area contributed by atoms with E-state index in [1.165, 1.54) is 11.1 Å². The second-order valence-corrected chi connectivity index (χ2v) is 7.76. The van der Waals surface area contributed by atoms with Gasteiger partial charge in [-0.25, -0.2) is 4.79 Å². The molecule has 162 valence electrons. The van der Waals surface area contributed by atoms with Crippen LogP contribution in [0.15, 0.2) is 18.2 Å². The Kier molecular flexibility index (Phi) is 8.81. The lowest BCUT2D eigenvalue weighted by Gasteiger charge is -2.20. The first kappa shape index (κ1) is 24.6. The number of Topliss-reactive ketones (excluding diaryl/α,β-unsaturated/α-hetero) is 1. The fourth-order valence-corrected chi connectivity index (χ4v) is 2.70. The molecule has 9 heteroatoms. The molecule has 3 N–H and O–H groups in total. The number of halogens is 3. The lowest BCUT2D eigenvalue weighted by atomic mass is 9.97. The molecule has 29 heavy (non-hydrogen) atoms. The highest BCUT2D eigenvalue weighted by Crippen LogP contribution is 2.17. The van der Waals surface area contributed by atoms with Crippen LogP contribution in [0.2, 0.25) is 0 Å². The van der Waals surface area contributed by atoms with Gasteiger partial charge in [0.1, 0.15) is 0 Å². The zero-order valence-electron chi connectivity index (χ0n) is 16.8. The maximum Gasteiger partial charge on any atom is 0.490 e. The van der Waals surface area contributed by atoms with Gasteiger partial charge in [-0.3, -0.25) is 9.59 Å². The van der Waals surface area contributed by atoms with Crippen molar-refractivity contribution in [1.82, 2.24) is 10.6 Å². The number of ketones is 1. The number of amides is 1. The Morgan fingerprint density at radius 3 is 2.10 bits per heavy atom. The van der Waals surface area contributed by atoms with Crippen LogP contribution in [0.3, 0.4) is 0 Å². The van der Waals surface area contributed by atoms with E-state index in [0.717, 1.165) is 31.5 Å². The lowest BCUT2D eigenvalue weighted by Crippen LogP contribution is -2.40. The summed E-state index contributed by atoms with van der Waals surface area (Å²) in [7, 11) is 0. The fraction of sp³-hybridized carbons (Fsp3) is 0.550. The molecule has 6 nitrogen and oxygen atoms in total. The van der Waals surface area contributed by atoms with Crippen LogP contribution in [0.4, 0.5) is 13.2 Å². The molecule has 1 aliphatic rings. The first-order valence-electron chi connectivity index (χ1n) is 9.26. The molecule has 1 amide bonds. The Morgan fingerprint density at radius 1 is 1.03 bits per heavy atom. The number of aliphatic carboxylic acids is 1. The van der Waals surface area contributed by atoms with E-state index >= 15 is 0 Å². The van der Waals surface area contributed by atoms with Gasteiger partial charge in [-0.1, -0.05) is 12.1 Å². The highest BCUT2D eigenvalue weighted by Gasteiger charge is 2.38. The Morgan fingerprint density at radius 2 is 1.59 bits per heavy atom. The van der Waals surface area contributed by atoms with Crippen LogP contribution in [0.25, 0.3) is 0 Å². The van der Waals surface area contributed by atoms with E-state index in [2.05, 4.69) is 16.7 Å². The van der Waals surface area contributed by atoms with Gasteiger partial charge in [0.15, 0.2) is 5.78 Å². The molecule has 0 aromatic heterocycles. The molecule has 0 spiro atoms. The van der Waals surface area contributed by atoms with E-state index in [9.17, 15) is 22.8 Å². The van der Waals surface area contributed by atoms with E-state index in [0.29, 0.717) is 0 Å². The number of hydrogen-bond donors (Lipinski definition) is 3. The van der Waals surface area contributed by atoms with Crippen LogP contribution in [0, 0.1) is 0 Å². The molecule has 1 aromatic carbocycles. The normalized spacial score (nSPS) is 14.0. The molecular weight excluding hydrogens is 389 g/mol. The maximum atomic E-state index is 12.3. The van der Waals surface area contributed by atoms with Crippen molar-refractivity contribution in [3.8, 4) is 0 Å². The highest BCUT2D eigenvalue weighted by atomic mass is 19.4. The van der Waals surface area contributed by atoms with Gasteiger partial charge in [0, 0.05) is 23.9 Å². The van der Waals surface area contributed by atoms with Gasteiger partial charge in [0.05, 0.1) is 0 Å². The molecule has 0 atom stereocenters. The smallest absolute Gasteiger partial charge is 0.475 e. The minimum Gasteiger partial charge on any atom is -0.475 e. The molecule has 0 unspecified atom stereocenters. The van der Waals surface area contributed by atoms with E-state index in [-0.39, 0.29) is 30.1 Å². The largest absolute Gasteiger partial charge is 0.490 e. The number of carboxylic acid groups (broad SMARTS) is 1. The summed E-state index contributed by atoms with van der Waals surface area (Å²) in [5.41, 5.74) is 3.06. The third kappa shape index (κ3) is 9.56. The van der Waals surface area contributed by atoms with Crippen molar-refractivity contribution in [2.24, 2.45) is 0 Å². The van der Waals surface area contributed by atoms with Gasteiger partial charge in [-0.05, 0) is 63.9 Å². The van der Waals surface area contributed by atoms with Gasteiger partial charge in [-0.2, -0.15) is 13.2 Å². The van der Waals surface area contributed by atoms with Crippen molar-refractivity contribution in [3.05, 3.63) is 34.9 Å². The Hall–Kier alpha value is -2.42. The lowest BCUT2D eigenvalue weighted by molar-refractivity contribution is -0.192. The molecule has 0 saturated heterocycles. The van der Waals surface area contributed by atoms with Gasteiger partial charge in [0.2, 0.25) is 5.91 Å². The number of carbonyl (C=O) groups is 3. The van der Waals surface area contributed by atoms with Crippen molar-refractivity contribution >= 4 is 17.7 Å². The average Bonchev–Trinajstić information content (AvgIpc) is 2.82. The summed E-state index contributed by atoms with van der Waals surface area (Å²) in [4.78, 5) is 33.0. The predicted molar refractivity (Wildman–Crippen MR) is 102 cm³/mol. The average molecular weight is 416 g/mol. The number of benzene rings is 1. The zero-order chi connectivity index (χ0) is 22.2. The molecule has 0 aliphatic carbocycles. The van der Waals surface area contributed by atoms with Gasteiger partial charge in [-0.15, -0.1) is 0 Å². The Labute approximate surface area is 167 Å². The number of fused-ring (bicyclic) bond motifs is 1. The highest BCUT2D eigenvalue weighted by molar-refractivity contribution is 5.98. The number of hydrogen-bond acceptors (Lipinski definition) is 4. The summed E-state index contributed by atoms with van der Waals surface area (Å²) in [6, 6.07) is 5.96. The quantitative estimate of drug-likeness (QED) is 0.656. The third-order valence-electron chi connectivity index (χ3n) is 4.01. The van der Waals surface area contributed by atoms with Crippen molar-refractivity contribution in [2.75, 3.05) is 13.1 Å². The standard InChI is InChI=1S/C18H26N2O2.C2HF3O2/c1-18(2,3)20-17(22)7-6-16(21)15-5-4-13-8-10-19-11-9-14(13)12-15;3-2(4,5)1(6)7/h4-5,12,19H,6-11H2,1-3H3,(H,20,22);(H,6,7). The molecule has 0 fully saturated rings. The molecular formula is C20H27F3N2O4. The summed E-state index contributed by atoms with van der Waals surface area (Å²) in [6.07, 6.45) is -2.60. The topological polar surface area (TPSA) is 95.5 Å². The number of carboxylic acids is 1. The monoisotopic (exact) mass is 416 g/mol. The molecule has 1 aromatic rings. The first-order chi connectivity index (χ1) is 13.3. The number of rotatable bonds is 4. The van der Waals surface area contributed by atoms with Crippen LogP contribution < -0.4 is 10.6 Å². The second kappa shape index (κ2) is 10.4. The van der Waals surface area contributed by atoms with Crippen LogP contribution in [-0.2, 0) is 22.4 Å². The number of carbonyl (C=O) groups excluding carboxylic acids is 2. The van der Waals surface area contributed by atoms with Crippen molar-refractivity contribution < 1.29 is 32.7 Å². The minimum atomic E-state index is -5.08. The third-order valence-corrected chi connectivity index (χ3v) is 4.01. The van der Waals surface area contributed by atoms with Gasteiger partial charge >= 0.3 is 12.1 Å². The number of alkyl halides is 3. The molecule has 0 radical (unpaired) electrons. The summed E-state index contributed by atoms with van der Waals surface area (Å²) in [5.74, 6) is -2.78. The van der Waals surface area contributed by atoms with Crippen LogP contribution in [0.1, 0.15) is 55.1 Å². The summed E-state index contributed by atoms with van der Waals surface area (Å²) < 4.78 is 31.7. The second-order valence-electron chi connectivity index (χ2n) is 7.76. The maximum absolute atomic E-state index is 12.3. The van der Waals surface area contributed by atoms with Crippen LogP contribution in [0.5, 0.6) is 0 Å². The minimum absolute atomic E-state index is 0.0454. The van der Waals surface area contributed by atoms with Crippen LogP contribution >= 0.6 is 0 Å². The Balaban J connectivity index is 0.000000516. The van der Waals surface area contributed by atoms with Crippen molar-refractivity contribution in [1.29, 1.82) is 0 Å². The first-order valence-corrected chi connectivity index (χ1v) is 9.26. The molecule has 0 saturated carbocycles.